The van der Waals surface area contributed by atoms with Gasteiger partial charge in [-0.05, 0) is 30.2 Å². The van der Waals surface area contributed by atoms with Gasteiger partial charge in [0.05, 0.1) is 0 Å². The Balaban J connectivity index is 2.33. The Hall–Kier alpha value is -1.33. The molecule has 1 aromatic heterocycles. The summed E-state index contributed by atoms with van der Waals surface area (Å²) in [6.45, 7) is 2.09. The van der Waals surface area contributed by atoms with E-state index in [4.69, 9.17) is 17.3 Å². The molecule has 0 radical (unpaired) electrons. The highest BCUT2D eigenvalue weighted by Crippen LogP contribution is 2.25. The van der Waals surface area contributed by atoms with Crippen molar-refractivity contribution in [3.63, 3.8) is 0 Å². The number of rotatable bonds is 3. The molecule has 0 amide bonds. The Bertz CT molecular complexity index is 554. The fourth-order valence-corrected chi connectivity index (χ4v) is 2.21. The van der Waals surface area contributed by atoms with Crippen molar-refractivity contribution in [3.8, 4) is 0 Å². The molecular weight excluding hydrogens is 316 g/mol. The Kier molecular flexibility index (Phi) is 4.04. The minimum absolute atomic E-state index is 0.153. The molecule has 18 heavy (non-hydrogen) atoms. The van der Waals surface area contributed by atoms with Crippen molar-refractivity contribution in [2.45, 2.75) is 13.3 Å². The van der Waals surface area contributed by atoms with E-state index in [1.807, 2.05) is 12.1 Å². The molecule has 0 fully saturated rings. The Morgan fingerprint density at radius 1 is 1.33 bits per heavy atom. The van der Waals surface area contributed by atoms with Gasteiger partial charge in [-0.3, -0.25) is 0 Å². The van der Waals surface area contributed by atoms with Crippen molar-refractivity contribution < 1.29 is 0 Å². The molecule has 0 bridgehead atoms. The highest BCUT2D eigenvalue weighted by molar-refractivity contribution is 9.10. The predicted molar refractivity (Wildman–Crippen MR) is 78.3 cm³/mol. The minimum Gasteiger partial charge on any atom is -0.368 e. The second kappa shape index (κ2) is 5.54. The highest BCUT2D eigenvalue weighted by atomic mass is 79.9. The van der Waals surface area contributed by atoms with E-state index in [0.717, 1.165) is 16.6 Å². The molecule has 0 spiro atoms. The smallest absolute Gasteiger partial charge is 0.223 e. The number of anilines is 3. The minimum atomic E-state index is 0.153. The molecule has 0 saturated carbocycles. The van der Waals surface area contributed by atoms with Gasteiger partial charge in [-0.1, -0.05) is 34.5 Å². The summed E-state index contributed by atoms with van der Waals surface area (Å²) in [4.78, 5) is 7.90. The molecule has 3 N–H and O–H groups in total. The maximum atomic E-state index is 5.84. The van der Waals surface area contributed by atoms with Crippen LogP contribution in [0.2, 0.25) is 5.15 Å². The third-order valence-electron chi connectivity index (χ3n) is 2.42. The third kappa shape index (κ3) is 3.11. The monoisotopic (exact) mass is 326 g/mol. The number of nitrogens with zero attached hydrogens (tertiary/aromatic N) is 2. The summed E-state index contributed by atoms with van der Waals surface area (Å²) < 4.78 is 1.05. The molecular formula is C12H12BrClN4. The lowest BCUT2D eigenvalue weighted by Crippen LogP contribution is -2.01. The zero-order valence-corrected chi connectivity index (χ0v) is 12.1. The van der Waals surface area contributed by atoms with Crippen LogP contribution in [0, 0.1) is 0 Å². The molecule has 2 rings (SSSR count). The number of aryl methyl sites for hydroxylation is 1. The van der Waals surface area contributed by atoms with Crippen LogP contribution in [-0.2, 0) is 6.42 Å². The molecule has 0 aliphatic rings. The molecule has 2 aromatic rings. The average Bonchev–Trinajstić information content (AvgIpc) is 2.30. The molecule has 94 valence electrons. The lowest BCUT2D eigenvalue weighted by atomic mass is 10.1. The second-order valence-corrected chi connectivity index (χ2v) is 5.02. The van der Waals surface area contributed by atoms with E-state index in [-0.39, 0.29) is 5.95 Å². The first-order valence-electron chi connectivity index (χ1n) is 5.44. The van der Waals surface area contributed by atoms with E-state index in [2.05, 4.69) is 44.2 Å². The second-order valence-electron chi connectivity index (χ2n) is 3.71. The van der Waals surface area contributed by atoms with Crippen LogP contribution in [0.3, 0.4) is 0 Å². The van der Waals surface area contributed by atoms with E-state index in [1.54, 1.807) is 6.07 Å². The quantitative estimate of drug-likeness (QED) is 0.842. The topological polar surface area (TPSA) is 63.8 Å². The fraction of sp³-hybridized carbons (Fsp3) is 0.167. The van der Waals surface area contributed by atoms with Gasteiger partial charge in [-0.25, -0.2) is 4.98 Å². The standard InChI is InChI=1S/C12H12BrClN4/c1-2-7-5-8(13)3-4-9(7)16-11-6-10(14)17-12(15)18-11/h3-6H,2H2,1H3,(H3,15,16,17,18). The van der Waals surface area contributed by atoms with Gasteiger partial charge in [0, 0.05) is 16.2 Å². The van der Waals surface area contributed by atoms with E-state index in [0.29, 0.717) is 11.0 Å². The van der Waals surface area contributed by atoms with Crippen LogP contribution in [0.1, 0.15) is 12.5 Å². The number of hydrogen-bond donors (Lipinski definition) is 2. The summed E-state index contributed by atoms with van der Waals surface area (Å²) in [6, 6.07) is 7.65. The molecule has 0 aliphatic carbocycles. The van der Waals surface area contributed by atoms with Gasteiger partial charge in [0.25, 0.3) is 0 Å². The SMILES string of the molecule is CCc1cc(Br)ccc1Nc1cc(Cl)nc(N)n1. The zero-order chi connectivity index (χ0) is 13.1. The maximum Gasteiger partial charge on any atom is 0.223 e. The predicted octanol–water partition coefficient (Wildman–Crippen LogP) is 3.78. The Labute approximate surface area is 119 Å². The highest BCUT2D eigenvalue weighted by Gasteiger charge is 2.05. The Morgan fingerprint density at radius 3 is 2.78 bits per heavy atom. The Morgan fingerprint density at radius 2 is 2.11 bits per heavy atom. The van der Waals surface area contributed by atoms with Gasteiger partial charge >= 0.3 is 0 Å². The molecule has 1 heterocycles. The van der Waals surface area contributed by atoms with E-state index < -0.39 is 0 Å². The number of benzene rings is 1. The first kappa shape index (κ1) is 13.1. The average molecular weight is 328 g/mol. The number of nitrogens with one attached hydrogen (secondary N) is 1. The fourth-order valence-electron chi connectivity index (χ4n) is 1.61. The zero-order valence-electron chi connectivity index (χ0n) is 9.74. The number of halogens is 2. The largest absolute Gasteiger partial charge is 0.368 e. The molecule has 0 aliphatic heterocycles. The van der Waals surface area contributed by atoms with Crippen LogP contribution in [0.15, 0.2) is 28.7 Å². The summed E-state index contributed by atoms with van der Waals surface area (Å²) in [7, 11) is 0. The summed E-state index contributed by atoms with van der Waals surface area (Å²) in [6.07, 6.45) is 0.913. The van der Waals surface area contributed by atoms with Gasteiger partial charge in [0.2, 0.25) is 5.95 Å². The summed E-state index contributed by atoms with van der Waals surface area (Å²) in [5, 5.41) is 3.52. The summed E-state index contributed by atoms with van der Waals surface area (Å²) in [5.41, 5.74) is 7.71. The van der Waals surface area contributed by atoms with Crippen molar-refractivity contribution in [2.75, 3.05) is 11.1 Å². The molecule has 0 saturated heterocycles. The van der Waals surface area contributed by atoms with Crippen molar-refractivity contribution in [1.82, 2.24) is 9.97 Å². The summed E-state index contributed by atoms with van der Waals surface area (Å²) >= 11 is 9.29. The molecule has 1 aromatic carbocycles. The number of nitrogen functional groups attached to an aromatic ring is 1. The van der Waals surface area contributed by atoms with Gasteiger partial charge in [0.1, 0.15) is 11.0 Å². The van der Waals surface area contributed by atoms with Crippen molar-refractivity contribution in [3.05, 3.63) is 39.5 Å². The first-order chi connectivity index (χ1) is 8.58. The lowest BCUT2D eigenvalue weighted by molar-refractivity contribution is 1.13. The molecule has 6 heteroatoms. The van der Waals surface area contributed by atoms with Crippen LogP contribution in [0.5, 0.6) is 0 Å². The molecule has 0 unspecified atom stereocenters. The van der Waals surface area contributed by atoms with E-state index in [1.165, 1.54) is 5.56 Å². The van der Waals surface area contributed by atoms with Gasteiger partial charge < -0.3 is 11.1 Å². The molecule has 4 nitrogen and oxygen atoms in total. The number of aromatic nitrogens is 2. The normalized spacial score (nSPS) is 10.4. The molecule has 0 atom stereocenters. The maximum absolute atomic E-state index is 5.84. The van der Waals surface area contributed by atoms with Crippen LogP contribution >= 0.6 is 27.5 Å². The third-order valence-corrected chi connectivity index (χ3v) is 3.11. The van der Waals surface area contributed by atoms with Crippen LogP contribution < -0.4 is 11.1 Å². The lowest BCUT2D eigenvalue weighted by Gasteiger charge is -2.11. The first-order valence-corrected chi connectivity index (χ1v) is 6.61. The van der Waals surface area contributed by atoms with Crippen molar-refractivity contribution in [1.29, 1.82) is 0 Å². The van der Waals surface area contributed by atoms with Gasteiger partial charge in [0.15, 0.2) is 0 Å². The van der Waals surface area contributed by atoms with Crippen LogP contribution in [0.25, 0.3) is 0 Å². The van der Waals surface area contributed by atoms with Gasteiger partial charge in [-0.2, -0.15) is 4.98 Å². The number of hydrogen-bond acceptors (Lipinski definition) is 4. The van der Waals surface area contributed by atoms with Crippen molar-refractivity contribution >= 4 is 45.0 Å². The van der Waals surface area contributed by atoms with Crippen molar-refractivity contribution in [2.24, 2.45) is 0 Å². The van der Waals surface area contributed by atoms with Gasteiger partial charge in [-0.15, -0.1) is 0 Å². The van der Waals surface area contributed by atoms with Crippen LogP contribution in [-0.4, -0.2) is 9.97 Å². The summed E-state index contributed by atoms with van der Waals surface area (Å²) in [5.74, 6) is 0.740. The number of nitrogens with two attached hydrogens (primary N) is 1. The van der Waals surface area contributed by atoms with Crippen LogP contribution in [0.4, 0.5) is 17.5 Å². The van der Waals surface area contributed by atoms with E-state index >= 15 is 0 Å². The van der Waals surface area contributed by atoms with E-state index in [9.17, 15) is 0 Å².